The number of rotatable bonds is 1. The second-order valence-electron chi connectivity index (χ2n) is 3.16. The number of hydrogen-bond acceptors (Lipinski definition) is 3. The summed E-state index contributed by atoms with van der Waals surface area (Å²) in [6.45, 7) is 0. The number of nitrogens with one attached hydrogen (secondary N) is 2. The average molecular weight is 229 g/mol. The van der Waals surface area contributed by atoms with Crippen LogP contribution in [0.25, 0.3) is 5.70 Å². The monoisotopic (exact) mass is 229 g/mol. The van der Waals surface area contributed by atoms with E-state index in [4.69, 9.17) is 17.5 Å². The van der Waals surface area contributed by atoms with Crippen LogP contribution < -0.4 is 10.6 Å². The first-order chi connectivity index (χ1) is 7.72. The first kappa shape index (κ1) is 10.3. The van der Waals surface area contributed by atoms with Gasteiger partial charge in [0.25, 0.3) is 5.91 Å². The highest BCUT2D eigenvalue weighted by Gasteiger charge is 2.22. The summed E-state index contributed by atoms with van der Waals surface area (Å²) >= 11 is 4.90. The van der Waals surface area contributed by atoms with Crippen molar-refractivity contribution < 1.29 is 4.79 Å². The van der Waals surface area contributed by atoms with Gasteiger partial charge in [0, 0.05) is 11.1 Å². The van der Waals surface area contributed by atoms with Crippen molar-refractivity contribution in [3.63, 3.8) is 0 Å². The van der Waals surface area contributed by atoms with Gasteiger partial charge < -0.3 is 5.32 Å². The maximum atomic E-state index is 11.5. The molecular weight excluding hydrogens is 222 g/mol. The fraction of sp³-hybridized carbons (Fsp3) is 0. The van der Waals surface area contributed by atoms with Gasteiger partial charge in [-0.3, -0.25) is 10.1 Å². The average Bonchev–Trinajstić information content (AvgIpc) is 2.57. The lowest BCUT2D eigenvalue weighted by atomic mass is 10.1. The van der Waals surface area contributed by atoms with E-state index in [1.807, 2.05) is 12.1 Å². The van der Waals surface area contributed by atoms with Crippen molar-refractivity contribution >= 4 is 28.8 Å². The molecule has 2 N–H and O–H groups in total. The largest absolute Gasteiger partial charge is 0.321 e. The summed E-state index contributed by atoms with van der Waals surface area (Å²) in [5.74, 6) is -0.151. The number of benzene rings is 1. The molecule has 16 heavy (non-hydrogen) atoms. The SMILES string of the molecule is N#CNC(=S)/C=C1\NC(=O)c2ccccc21. The number of carbonyl (C=O) groups excluding carboxylic acids is 1. The Labute approximate surface area is 97.6 Å². The molecule has 0 aliphatic carbocycles. The normalized spacial score (nSPS) is 15.2. The number of thiocarbonyl (C=S) groups is 1. The van der Waals surface area contributed by atoms with Gasteiger partial charge in [-0.1, -0.05) is 30.4 Å². The van der Waals surface area contributed by atoms with E-state index in [1.54, 1.807) is 24.4 Å². The Morgan fingerprint density at radius 3 is 2.81 bits per heavy atom. The summed E-state index contributed by atoms with van der Waals surface area (Å²) in [5, 5.41) is 13.4. The molecular formula is C11H7N3OS. The highest BCUT2D eigenvalue weighted by atomic mass is 32.1. The number of hydrogen-bond donors (Lipinski definition) is 2. The van der Waals surface area contributed by atoms with Crippen molar-refractivity contribution in [3.05, 3.63) is 41.5 Å². The molecule has 0 spiro atoms. The molecule has 0 radical (unpaired) electrons. The lowest BCUT2D eigenvalue weighted by Gasteiger charge is -1.99. The van der Waals surface area contributed by atoms with Gasteiger partial charge in [0.1, 0.15) is 4.99 Å². The number of carbonyl (C=O) groups is 1. The molecule has 5 heteroatoms. The van der Waals surface area contributed by atoms with E-state index in [1.165, 1.54) is 0 Å². The zero-order valence-corrected chi connectivity index (χ0v) is 8.97. The van der Waals surface area contributed by atoms with Crippen LogP contribution in [0.4, 0.5) is 0 Å². The summed E-state index contributed by atoms with van der Waals surface area (Å²) < 4.78 is 0. The smallest absolute Gasteiger partial charge is 0.256 e. The molecule has 0 fully saturated rings. The standard InChI is InChI=1S/C11H7N3OS/c12-6-13-10(16)5-9-7-3-1-2-4-8(7)11(15)14-9/h1-5H,(H,13,16)(H,14,15)/b9-5-. The summed E-state index contributed by atoms with van der Waals surface area (Å²) in [7, 11) is 0. The van der Waals surface area contributed by atoms with Crippen LogP contribution in [0.2, 0.25) is 0 Å². The molecule has 1 aromatic rings. The Bertz CT molecular complexity index is 542. The highest BCUT2D eigenvalue weighted by Crippen LogP contribution is 2.23. The first-order valence-electron chi connectivity index (χ1n) is 4.54. The van der Waals surface area contributed by atoms with E-state index in [2.05, 4.69) is 10.6 Å². The molecule has 4 nitrogen and oxygen atoms in total. The Kier molecular flexibility index (Phi) is 2.66. The van der Waals surface area contributed by atoms with Crippen LogP contribution in [0, 0.1) is 11.5 Å². The molecule has 0 unspecified atom stereocenters. The molecule has 0 atom stereocenters. The van der Waals surface area contributed by atoms with Gasteiger partial charge >= 0.3 is 0 Å². The molecule has 1 heterocycles. The van der Waals surface area contributed by atoms with Gasteiger partial charge in [0.05, 0.1) is 5.70 Å². The molecule has 0 saturated heterocycles. The van der Waals surface area contributed by atoms with Gasteiger partial charge in [-0.2, -0.15) is 5.26 Å². The Morgan fingerprint density at radius 1 is 1.44 bits per heavy atom. The van der Waals surface area contributed by atoms with E-state index in [0.29, 0.717) is 11.3 Å². The van der Waals surface area contributed by atoms with E-state index in [-0.39, 0.29) is 10.9 Å². The van der Waals surface area contributed by atoms with Crippen molar-refractivity contribution in [2.24, 2.45) is 0 Å². The minimum Gasteiger partial charge on any atom is -0.321 e. The predicted octanol–water partition coefficient (Wildman–Crippen LogP) is 1.17. The van der Waals surface area contributed by atoms with Crippen molar-refractivity contribution in [2.75, 3.05) is 0 Å². The van der Waals surface area contributed by atoms with Crippen LogP contribution in [0.15, 0.2) is 30.3 Å². The second-order valence-corrected chi connectivity index (χ2v) is 3.60. The quantitative estimate of drug-likeness (QED) is 0.328. The molecule has 1 aliphatic heterocycles. The van der Waals surface area contributed by atoms with Crippen LogP contribution in [0.3, 0.4) is 0 Å². The summed E-state index contributed by atoms with van der Waals surface area (Å²) in [5.41, 5.74) is 2.04. The summed E-state index contributed by atoms with van der Waals surface area (Å²) in [6, 6.07) is 7.21. The Balaban J connectivity index is 2.38. The lowest BCUT2D eigenvalue weighted by molar-refractivity contribution is 0.0981. The minimum atomic E-state index is -0.151. The van der Waals surface area contributed by atoms with E-state index in [0.717, 1.165) is 5.56 Å². The fourth-order valence-electron chi connectivity index (χ4n) is 1.51. The van der Waals surface area contributed by atoms with Crippen molar-refractivity contribution in [1.29, 1.82) is 5.26 Å². The number of amides is 1. The van der Waals surface area contributed by atoms with Crippen LogP contribution in [0.1, 0.15) is 15.9 Å². The van der Waals surface area contributed by atoms with Gasteiger partial charge in [0.15, 0.2) is 6.19 Å². The number of nitrogens with zero attached hydrogens (tertiary/aromatic N) is 1. The lowest BCUT2D eigenvalue weighted by Crippen LogP contribution is -2.16. The molecule has 78 valence electrons. The van der Waals surface area contributed by atoms with Gasteiger partial charge in [-0.15, -0.1) is 0 Å². The fourth-order valence-corrected chi connectivity index (χ4v) is 1.67. The van der Waals surface area contributed by atoms with E-state index >= 15 is 0 Å². The van der Waals surface area contributed by atoms with E-state index in [9.17, 15) is 4.79 Å². The molecule has 1 amide bonds. The summed E-state index contributed by atoms with van der Waals surface area (Å²) in [6.07, 6.45) is 3.29. The third-order valence-corrected chi connectivity index (χ3v) is 2.38. The third-order valence-electron chi connectivity index (χ3n) is 2.16. The van der Waals surface area contributed by atoms with Gasteiger partial charge in [-0.05, 0) is 12.1 Å². The van der Waals surface area contributed by atoms with Crippen LogP contribution in [0.5, 0.6) is 0 Å². The van der Waals surface area contributed by atoms with E-state index < -0.39 is 0 Å². The Hall–Kier alpha value is -2.19. The van der Waals surface area contributed by atoms with Crippen molar-refractivity contribution in [2.45, 2.75) is 0 Å². The molecule has 0 aromatic heterocycles. The zero-order chi connectivity index (χ0) is 11.5. The molecule has 1 aromatic carbocycles. The minimum absolute atomic E-state index is 0.151. The van der Waals surface area contributed by atoms with Crippen molar-refractivity contribution in [3.8, 4) is 6.19 Å². The topological polar surface area (TPSA) is 64.9 Å². The van der Waals surface area contributed by atoms with Gasteiger partial charge in [0.2, 0.25) is 0 Å². The van der Waals surface area contributed by atoms with Crippen LogP contribution in [-0.4, -0.2) is 10.9 Å². The maximum Gasteiger partial charge on any atom is 0.256 e. The predicted molar refractivity (Wildman–Crippen MR) is 63.2 cm³/mol. The molecule has 1 aliphatic rings. The molecule has 0 saturated carbocycles. The first-order valence-corrected chi connectivity index (χ1v) is 4.94. The highest BCUT2D eigenvalue weighted by molar-refractivity contribution is 7.80. The number of fused-ring (bicyclic) bond motifs is 1. The maximum absolute atomic E-state index is 11.5. The van der Waals surface area contributed by atoms with Crippen LogP contribution in [-0.2, 0) is 0 Å². The number of nitriles is 1. The summed E-state index contributed by atoms with van der Waals surface area (Å²) in [4.78, 5) is 11.8. The van der Waals surface area contributed by atoms with Crippen molar-refractivity contribution in [1.82, 2.24) is 10.6 Å². The molecule has 0 bridgehead atoms. The Morgan fingerprint density at radius 2 is 2.12 bits per heavy atom. The van der Waals surface area contributed by atoms with Crippen LogP contribution >= 0.6 is 12.2 Å². The molecule has 2 rings (SSSR count). The van der Waals surface area contributed by atoms with Gasteiger partial charge in [-0.25, -0.2) is 0 Å². The third kappa shape index (κ3) is 1.78. The second kappa shape index (κ2) is 4.13. The zero-order valence-electron chi connectivity index (χ0n) is 8.15.